The van der Waals surface area contributed by atoms with Crippen molar-refractivity contribution in [3.63, 3.8) is 0 Å². The molecular weight excluding hydrogens is 388 g/mol. The molecule has 2 aliphatic rings. The maximum absolute atomic E-state index is 13.8. The van der Waals surface area contributed by atoms with Crippen LogP contribution in [0.25, 0.3) is 0 Å². The smallest absolute Gasteiger partial charge is 0.254 e. The molecule has 1 aliphatic heterocycles. The molecular formula is C20H26ClF2N3O2. The number of amides is 2. The van der Waals surface area contributed by atoms with E-state index in [2.05, 4.69) is 15.5 Å². The molecule has 0 bridgehead atoms. The molecule has 1 saturated carbocycles. The molecule has 1 heterocycles. The number of halogens is 3. The van der Waals surface area contributed by atoms with Crippen LogP contribution in [-0.2, 0) is 4.79 Å². The highest BCUT2D eigenvalue weighted by Gasteiger charge is 2.52. The van der Waals surface area contributed by atoms with Crippen molar-refractivity contribution in [3.05, 3.63) is 34.4 Å². The lowest BCUT2D eigenvalue weighted by Gasteiger charge is -2.59. The number of benzene rings is 1. The Morgan fingerprint density at radius 1 is 1.25 bits per heavy atom. The minimum Gasteiger partial charge on any atom is -0.352 e. The molecule has 2 amide bonds. The van der Waals surface area contributed by atoms with E-state index < -0.39 is 17.5 Å². The number of hydrogen-bond donors (Lipinski definition) is 2. The molecule has 8 heteroatoms. The Labute approximate surface area is 168 Å². The second-order valence-electron chi connectivity index (χ2n) is 9.18. The van der Waals surface area contributed by atoms with Crippen LogP contribution < -0.4 is 10.6 Å². The van der Waals surface area contributed by atoms with Gasteiger partial charge < -0.3 is 10.6 Å². The Balaban J connectivity index is 1.39. The number of likely N-dealkylation sites (tertiary alicyclic amines) is 1. The summed E-state index contributed by atoms with van der Waals surface area (Å²) in [6, 6.07) is 1.97. The maximum Gasteiger partial charge on any atom is 0.254 e. The van der Waals surface area contributed by atoms with E-state index in [1.807, 2.05) is 20.8 Å². The summed E-state index contributed by atoms with van der Waals surface area (Å²) >= 11 is 5.70. The van der Waals surface area contributed by atoms with E-state index in [1.54, 1.807) is 0 Å². The summed E-state index contributed by atoms with van der Waals surface area (Å²) < 4.78 is 27.1. The van der Waals surface area contributed by atoms with Gasteiger partial charge in [0, 0.05) is 30.2 Å². The lowest BCUT2D eigenvalue weighted by molar-refractivity contribution is -0.133. The third-order valence-corrected chi connectivity index (χ3v) is 5.45. The van der Waals surface area contributed by atoms with Crippen LogP contribution in [-0.4, -0.2) is 48.4 Å². The van der Waals surface area contributed by atoms with Crippen LogP contribution >= 0.6 is 11.6 Å². The summed E-state index contributed by atoms with van der Waals surface area (Å²) in [5.74, 6) is -2.64. The Kier molecular flexibility index (Phi) is 5.69. The SMILES string of the molecule is CC(C)(C)NC(=O)CN1CC2(CC(CNC(=O)c3cc(Cl)cc(F)c3F)C2)C1. The zero-order valence-electron chi connectivity index (χ0n) is 16.4. The lowest BCUT2D eigenvalue weighted by Crippen LogP contribution is -2.64. The quantitative estimate of drug-likeness (QED) is 0.729. The molecule has 0 radical (unpaired) electrons. The summed E-state index contributed by atoms with van der Waals surface area (Å²) in [4.78, 5) is 26.2. The van der Waals surface area contributed by atoms with Gasteiger partial charge in [-0.1, -0.05) is 11.6 Å². The molecule has 28 heavy (non-hydrogen) atoms. The number of hydrogen-bond acceptors (Lipinski definition) is 3. The van der Waals surface area contributed by atoms with Gasteiger partial charge in [-0.25, -0.2) is 8.78 Å². The van der Waals surface area contributed by atoms with Gasteiger partial charge in [-0.05, 0) is 57.1 Å². The van der Waals surface area contributed by atoms with E-state index in [0.29, 0.717) is 19.0 Å². The fourth-order valence-electron chi connectivity index (χ4n) is 4.30. The molecule has 1 saturated heterocycles. The minimum absolute atomic E-state index is 0.0169. The zero-order valence-corrected chi connectivity index (χ0v) is 17.1. The normalized spacial score (nSPS) is 19.1. The average Bonchev–Trinajstić information content (AvgIpc) is 2.48. The van der Waals surface area contributed by atoms with Gasteiger partial charge in [0.2, 0.25) is 5.91 Å². The second-order valence-corrected chi connectivity index (χ2v) is 9.61. The standard InChI is InChI=1S/C20H26ClF2N3O2/c1-19(2,3)25-16(27)9-26-10-20(11-26)6-12(7-20)8-24-18(28)14-4-13(21)5-15(22)17(14)23/h4-5,12H,6-11H2,1-3H3,(H,24,28)(H,25,27). The fraction of sp³-hybridized carbons (Fsp3) is 0.600. The molecule has 1 aliphatic carbocycles. The van der Waals surface area contributed by atoms with Gasteiger partial charge in [0.15, 0.2) is 11.6 Å². The van der Waals surface area contributed by atoms with E-state index in [4.69, 9.17) is 11.6 Å². The van der Waals surface area contributed by atoms with Gasteiger partial charge in [0.05, 0.1) is 12.1 Å². The molecule has 0 aromatic heterocycles. The number of nitrogens with one attached hydrogen (secondary N) is 2. The second kappa shape index (κ2) is 7.59. The lowest BCUT2D eigenvalue weighted by atomic mass is 9.57. The van der Waals surface area contributed by atoms with Crippen molar-refractivity contribution in [2.24, 2.45) is 11.3 Å². The number of rotatable bonds is 5. The van der Waals surface area contributed by atoms with E-state index in [0.717, 1.165) is 38.1 Å². The monoisotopic (exact) mass is 413 g/mol. The molecule has 1 spiro atoms. The Bertz CT molecular complexity index is 780. The maximum atomic E-state index is 13.8. The van der Waals surface area contributed by atoms with Crippen molar-refractivity contribution in [3.8, 4) is 0 Å². The van der Waals surface area contributed by atoms with Crippen LogP contribution in [0.3, 0.4) is 0 Å². The van der Waals surface area contributed by atoms with E-state index in [9.17, 15) is 18.4 Å². The van der Waals surface area contributed by atoms with Crippen molar-refractivity contribution in [2.45, 2.75) is 39.2 Å². The molecule has 3 rings (SSSR count). The predicted octanol–water partition coefficient (Wildman–Crippen LogP) is 2.97. The van der Waals surface area contributed by atoms with E-state index >= 15 is 0 Å². The van der Waals surface area contributed by atoms with Crippen LogP contribution in [0, 0.1) is 23.0 Å². The molecule has 2 fully saturated rings. The molecule has 1 aromatic carbocycles. The number of carbonyl (C=O) groups excluding carboxylic acids is 2. The zero-order chi connectivity index (χ0) is 20.7. The molecule has 2 N–H and O–H groups in total. The minimum atomic E-state index is -1.19. The Morgan fingerprint density at radius 2 is 1.89 bits per heavy atom. The first-order valence-electron chi connectivity index (χ1n) is 9.42. The summed E-state index contributed by atoms with van der Waals surface area (Å²) in [6.45, 7) is 8.44. The van der Waals surface area contributed by atoms with Crippen molar-refractivity contribution < 1.29 is 18.4 Å². The van der Waals surface area contributed by atoms with Gasteiger partial charge in [0.1, 0.15) is 0 Å². The molecule has 0 atom stereocenters. The summed E-state index contributed by atoms with van der Waals surface area (Å²) in [5.41, 5.74) is -0.381. The van der Waals surface area contributed by atoms with Gasteiger partial charge in [-0.3, -0.25) is 14.5 Å². The fourth-order valence-corrected chi connectivity index (χ4v) is 4.50. The van der Waals surface area contributed by atoms with E-state index in [1.165, 1.54) is 0 Å². The number of nitrogens with zero attached hydrogens (tertiary/aromatic N) is 1. The van der Waals surface area contributed by atoms with Crippen LogP contribution in [0.4, 0.5) is 8.78 Å². The molecule has 5 nitrogen and oxygen atoms in total. The first kappa shape index (κ1) is 21.0. The predicted molar refractivity (Wildman–Crippen MR) is 103 cm³/mol. The highest BCUT2D eigenvalue weighted by atomic mass is 35.5. The van der Waals surface area contributed by atoms with Crippen LogP contribution in [0.1, 0.15) is 44.0 Å². The first-order chi connectivity index (χ1) is 13.0. The van der Waals surface area contributed by atoms with Gasteiger partial charge in [0.25, 0.3) is 5.91 Å². The average molecular weight is 414 g/mol. The van der Waals surface area contributed by atoms with Crippen molar-refractivity contribution in [2.75, 3.05) is 26.2 Å². The largest absolute Gasteiger partial charge is 0.352 e. The van der Waals surface area contributed by atoms with Gasteiger partial charge in [-0.2, -0.15) is 0 Å². The van der Waals surface area contributed by atoms with Crippen LogP contribution in [0.15, 0.2) is 12.1 Å². The van der Waals surface area contributed by atoms with Crippen molar-refractivity contribution in [1.29, 1.82) is 0 Å². The van der Waals surface area contributed by atoms with Gasteiger partial charge in [-0.15, -0.1) is 0 Å². The molecule has 0 unspecified atom stereocenters. The Morgan fingerprint density at radius 3 is 2.50 bits per heavy atom. The highest BCUT2D eigenvalue weighted by molar-refractivity contribution is 6.31. The number of carbonyl (C=O) groups is 2. The highest BCUT2D eigenvalue weighted by Crippen LogP contribution is 2.51. The summed E-state index contributed by atoms with van der Waals surface area (Å²) in [5, 5.41) is 5.61. The van der Waals surface area contributed by atoms with Crippen molar-refractivity contribution in [1.82, 2.24) is 15.5 Å². The van der Waals surface area contributed by atoms with Crippen LogP contribution in [0.5, 0.6) is 0 Å². The molecule has 1 aromatic rings. The summed E-state index contributed by atoms with van der Waals surface area (Å²) in [7, 11) is 0. The van der Waals surface area contributed by atoms with Crippen LogP contribution in [0.2, 0.25) is 5.02 Å². The van der Waals surface area contributed by atoms with Crippen molar-refractivity contribution >= 4 is 23.4 Å². The first-order valence-corrected chi connectivity index (χ1v) is 9.80. The topological polar surface area (TPSA) is 61.4 Å². The summed E-state index contributed by atoms with van der Waals surface area (Å²) in [6.07, 6.45) is 1.91. The Hall–Kier alpha value is -1.73. The molecule has 154 valence electrons. The third-order valence-electron chi connectivity index (χ3n) is 5.23. The third kappa shape index (κ3) is 4.81. The van der Waals surface area contributed by atoms with E-state index in [-0.39, 0.29) is 27.4 Å². The van der Waals surface area contributed by atoms with Gasteiger partial charge >= 0.3 is 0 Å².